The van der Waals surface area contributed by atoms with E-state index in [4.69, 9.17) is 0 Å². The van der Waals surface area contributed by atoms with Crippen LogP contribution in [0.4, 0.5) is 5.69 Å². The van der Waals surface area contributed by atoms with Crippen LogP contribution in [0.25, 0.3) is 16.5 Å². The molecule has 0 spiro atoms. The van der Waals surface area contributed by atoms with Crippen LogP contribution in [0.3, 0.4) is 0 Å². The molecule has 0 bridgehead atoms. The molecule has 1 aromatic heterocycles. The normalized spacial score (nSPS) is 16.0. The summed E-state index contributed by atoms with van der Waals surface area (Å²) in [4.78, 5) is 31.9. The number of amides is 2. The van der Waals surface area contributed by atoms with E-state index in [2.05, 4.69) is 42.0 Å². The van der Waals surface area contributed by atoms with Gasteiger partial charge in [-0.2, -0.15) is 0 Å². The molecule has 0 radical (unpaired) electrons. The Balaban J connectivity index is 1.28. The predicted molar refractivity (Wildman–Crippen MR) is 154 cm³/mol. The third kappa shape index (κ3) is 4.11. The number of hydrogen-bond acceptors (Lipinski definition) is 2. The molecule has 1 aliphatic heterocycles. The number of nitrogens with zero attached hydrogens (tertiary/aromatic N) is 3. The predicted octanol–water partition coefficient (Wildman–Crippen LogP) is 6.68. The lowest BCUT2D eigenvalue weighted by Crippen LogP contribution is -2.47. The van der Waals surface area contributed by atoms with E-state index < -0.39 is 0 Å². The first kappa shape index (κ1) is 23.5. The number of aromatic nitrogens is 1. The second-order valence-electron chi connectivity index (χ2n) is 10.6. The molecule has 1 saturated carbocycles. The zero-order chi connectivity index (χ0) is 26.5. The molecule has 1 atom stereocenters. The van der Waals surface area contributed by atoms with Gasteiger partial charge in [-0.25, -0.2) is 0 Å². The summed E-state index contributed by atoms with van der Waals surface area (Å²) in [5.74, 6) is -0.167. The molecule has 1 fully saturated rings. The van der Waals surface area contributed by atoms with Crippen molar-refractivity contribution in [3.8, 4) is 5.69 Å². The lowest BCUT2D eigenvalue weighted by atomic mass is 9.96. The first-order valence-electron chi connectivity index (χ1n) is 13.5. The van der Waals surface area contributed by atoms with Gasteiger partial charge in [0.1, 0.15) is 12.6 Å². The Morgan fingerprint density at radius 3 is 2.36 bits per heavy atom. The van der Waals surface area contributed by atoms with Crippen molar-refractivity contribution in [1.82, 2.24) is 9.47 Å². The monoisotopic (exact) mass is 511 g/mol. The molecule has 39 heavy (non-hydrogen) atoms. The summed E-state index contributed by atoms with van der Waals surface area (Å²) in [5.41, 5.74) is 5.67. The first-order chi connectivity index (χ1) is 19.1. The van der Waals surface area contributed by atoms with Crippen LogP contribution in [-0.2, 0) is 4.79 Å². The maximum Gasteiger partial charge on any atom is 0.254 e. The standard InChI is InChI=1S/C34H29N3O2/c1-23-8-6-11-26(20-23)33-31-14-7-19-35(31)29-12-4-5-13-30(29)37(33)32(38)22-36(28-17-18-28)34(39)27-16-15-24-9-2-3-10-25(24)21-27/h2-16,19-21,28,33H,17-18,22H2,1H3. The molecule has 1 unspecified atom stereocenters. The summed E-state index contributed by atoms with van der Waals surface area (Å²) in [6, 6.07) is 34.1. The van der Waals surface area contributed by atoms with E-state index in [-0.39, 0.29) is 30.4 Å². The average molecular weight is 512 g/mol. The van der Waals surface area contributed by atoms with E-state index >= 15 is 0 Å². The number of fused-ring (bicyclic) bond motifs is 4. The minimum Gasteiger partial charge on any atom is -0.326 e. The van der Waals surface area contributed by atoms with Gasteiger partial charge in [-0.1, -0.05) is 72.3 Å². The summed E-state index contributed by atoms with van der Waals surface area (Å²) in [5, 5.41) is 2.12. The number of para-hydroxylation sites is 2. The number of rotatable bonds is 5. The van der Waals surface area contributed by atoms with Gasteiger partial charge < -0.3 is 9.47 Å². The Morgan fingerprint density at radius 1 is 0.795 bits per heavy atom. The molecule has 5 aromatic rings. The van der Waals surface area contributed by atoms with Crippen molar-refractivity contribution >= 4 is 28.3 Å². The largest absolute Gasteiger partial charge is 0.326 e. The second kappa shape index (κ2) is 9.28. The molecule has 5 heteroatoms. The summed E-state index contributed by atoms with van der Waals surface area (Å²) in [7, 11) is 0. The van der Waals surface area contributed by atoms with Crippen molar-refractivity contribution in [2.24, 2.45) is 0 Å². The van der Waals surface area contributed by atoms with E-state index in [1.165, 1.54) is 0 Å². The summed E-state index contributed by atoms with van der Waals surface area (Å²) >= 11 is 0. The van der Waals surface area contributed by atoms with Crippen LogP contribution < -0.4 is 4.90 Å². The van der Waals surface area contributed by atoms with Gasteiger partial charge >= 0.3 is 0 Å². The van der Waals surface area contributed by atoms with Crippen LogP contribution >= 0.6 is 0 Å². The molecule has 0 saturated heterocycles. The Labute approximate surface area is 227 Å². The van der Waals surface area contributed by atoms with Crippen LogP contribution in [0, 0.1) is 6.92 Å². The molecular formula is C34H29N3O2. The molecule has 5 nitrogen and oxygen atoms in total. The lowest BCUT2D eigenvalue weighted by molar-refractivity contribution is -0.119. The summed E-state index contributed by atoms with van der Waals surface area (Å²) in [6.07, 6.45) is 3.90. The van der Waals surface area contributed by atoms with E-state index in [0.717, 1.165) is 51.8 Å². The molecule has 2 amide bonds. The van der Waals surface area contributed by atoms with Crippen molar-refractivity contribution in [3.05, 3.63) is 132 Å². The molecule has 1 aliphatic carbocycles. The summed E-state index contributed by atoms with van der Waals surface area (Å²) in [6.45, 7) is 2.11. The SMILES string of the molecule is Cc1cccc(C2c3cccn3-c3ccccc3N2C(=O)CN(C(=O)c2ccc3ccccc3c2)C2CC2)c1. The summed E-state index contributed by atoms with van der Waals surface area (Å²) < 4.78 is 2.17. The highest BCUT2D eigenvalue weighted by Gasteiger charge is 2.40. The molecule has 2 aliphatic rings. The lowest BCUT2D eigenvalue weighted by Gasteiger charge is -2.39. The maximum atomic E-state index is 14.4. The Morgan fingerprint density at radius 2 is 1.56 bits per heavy atom. The fourth-order valence-corrected chi connectivity index (χ4v) is 5.88. The number of carbonyl (C=O) groups is 2. The number of carbonyl (C=O) groups excluding carboxylic acids is 2. The molecule has 0 N–H and O–H groups in total. The van der Waals surface area contributed by atoms with E-state index in [9.17, 15) is 9.59 Å². The van der Waals surface area contributed by atoms with Gasteiger partial charge in [0.05, 0.1) is 17.1 Å². The Bertz CT molecular complexity index is 1730. The molecule has 4 aromatic carbocycles. The molecular weight excluding hydrogens is 482 g/mol. The molecule has 192 valence electrons. The molecule has 7 rings (SSSR count). The minimum absolute atomic E-state index is 0.0354. The van der Waals surface area contributed by atoms with Gasteiger partial charge in [0, 0.05) is 17.8 Å². The Hall–Kier alpha value is -4.64. The van der Waals surface area contributed by atoms with Crippen molar-refractivity contribution < 1.29 is 9.59 Å². The van der Waals surface area contributed by atoms with E-state index in [1.807, 2.05) is 83.8 Å². The average Bonchev–Trinajstić information content (AvgIpc) is 3.69. The van der Waals surface area contributed by atoms with Gasteiger partial charge in [0.15, 0.2) is 0 Å². The van der Waals surface area contributed by atoms with Crippen LogP contribution in [-0.4, -0.2) is 33.9 Å². The number of anilines is 1. The van der Waals surface area contributed by atoms with Gasteiger partial charge in [0.2, 0.25) is 5.91 Å². The fraction of sp³-hybridized carbons (Fsp3) is 0.176. The molecule has 2 heterocycles. The maximum absolute atomic E-state index is 14.4. The Kier molecular flexibility index (Phi) is 5.58. The van der Waals surface area contributed by atoms with Gasteiger partial charge in [-0.05, 0) is 72.5 Å². The quantitative estimate of drug-likeness (QED) is 0.264. The highest BCUT2D eigenvalue weighted by atomic mass is 16.2. The van der Waals surface area contributed by atoms with E-state index in [0.29, 0.717) is 5.56 Å². The number of benzene rings is 4. The van der Waals surface area contributed by atoms with Crippen molar-refractivity contribution in [2.75, 3.05) is 11.4 Å². The smallest absolute Gasteiger partial charge is 0.254 e. The number of aryl methyl sites for hydroxylation is 1. The first-order valence-corrected chi connectivity index (χ1v) is 13.5. The van der Waals surface area contributed by atoms with Crippen molar-refractivity contribution in [3.63, 3.8) is 0 Å². The highest BCUT2D eigenvalue weighted by molar-refractivity contribution is 6.04. The van der Waals surface area contributed by atoms with Crippen LogP contribution in [0.15, 0.2) is 109 Å². The number of hydrogen-bond donors (Lipinski definition) is 0. The van der Waals surface area contributed by atoms with Crippen LogP contribution in [0.1, 0.15) is 46.1 Å². The zero-order valence-electron chi connectivity index (χ0n) is 21.8. The third-order valence-corrected chi connectivity index (χ3v) is 7.90. The third-order valence-electron chi connectivity index (χ3n) is 7.90. The van der Waals surface area contributed by atoms with Gasteiger partial charge in [-0.3, -0.25) is 14.5 Å². The van der Waals surface area contributed by atoms with Gasteiger partial charge in [-0.15, -0.1) is 0 Å². The zero-order valence-corrected chi connectivity index (χ0v) is 21.8. The van der Waals surface area contributed by atoms with Crippen LogP contribution in [0.2, 0.25) is 0 Å². The van der Waals surface area contributed by atoms with Gasteiger partial charge in [0.25, 0.3) is 5.91 Å². The second-order valence-corrected chi connectivity index (χ2v) is 10.6. The topological polar surface area (TPSA) is 45.6 Å². The minimum atomic E-state index is -0.292. The highest BCUT2D eigenvalue weighted by Crippen LogP contribution is 2.42. The van der Waals surface area contributed by atoms with Crippen molar-refractivity contribution in [2.45, 2.75) is 31.8 Å². The fourth-order valence-electron chi connectivity index (χ4n) is 5.88. The van der Waals surface area contributed by atoms with Crippen molar-refractivity contribution in [1.29, 1.82) is 0 Å². The van der Waals surface area contributed by atoms with Crippen LogP contribution in [0.5, 0.6) is 0 Å². The van der Waals surface area contributed by atoms with E-state index in [1.54, 1.807) is 4.90 Å².